The number of para-hydroxylation sites is 1. The third-order valence-electron chi connectivity index (χ3n) is 3.21. The molecule has 1 aromatic carbocycles. The predicted molar refractivity (Wildman–Crippen MR) is 91.0 cm³/mol. The molecule has 1 atom stereocenters. The number of halogens is 1. The Bertz CT molecular complexity index is 495. The average molecular weight is 312 g/mol. The molecule has 0 aliphatic rings. The number of carbonyl (C=O) groups excluding carboxylic acids is 1. The van der Waals surface area contributed by atoms with E-state index in [-0.39, 0.29) is 17.2 Å². The van der Waals surface area contributed by atoms with Gasteiger partial charge in [0.2, 0.25) is 5.91 Å². The summed E-state index contributed by atoms with van der Waals surface area (Å²) in [5.74, 6) is -0.267. The molecule has 0 aliphatic carbocycles. The summed E-state index contributed by atoms with van der Waals surface area (Å²) in [6.45, 7) is 6.65. The first-order valence-corrected chi connectivity index (χ1v) is 7.50. The van der Waals surface area contributed by atoms with E-state index in [1.165, 1.54) is 0 Å². The first-order valence-electron chi connectivity index (χ1n) is 7.12. The van der Waals surface area contributed by atoms with Crippen LogP contribution >= 0.6 is 11.6 Å². The van der Waals surface area contributed by atoms with Gasteiger partial charge in [0, 0.05) is 20.6 Å². The van der Waals surface area contributed by atoms with Gasteiger partial charge in [-0.1, -0.05) is 38.4 Å². The van der Waals surface area contributed by atoms with Crippen molar-refractivity contribution < 1.29 is 4.79 Å². The Hall–Kier alpha value is -1.26. The molecule has 0 bridgehead atoms. The summed E-state index contributed by atoms with van der Waals surface area (Å²) in [4.78, 5) is 14.3. The fourth-order valence-corrected chi connectivity index (χ4v) is 2.67. The molecule has 0 aliphatic heterocycles. The maximum Gasteiger partial charge on any atom is 0.228 e. The van der Waals surface area contributed by atoms with Gasteiger partial charge in [-0.05, 0) is 24.0 Å². The Morgan fingerprint density at radius 3 is 2.48 bits per heavy atom. The zero-order chi connectivity index (χ0) is 16.2. The molecule has 1 unspecified atom stereocenters. The number of benzene rings is 1. The van der Waals surface area contributed by atoms with Crippen molar-refractivity contribution in [2.24, 2.45) is 17.1 Å². The number of anilines is 2. The predicted octanol–water partition coefficient (Wildman–Crippen LogP) is 3.36. The number of nitrogens with one attached hydrogen (secondary N) is 1. The third kappa shape index (κ3) is 5.21. The van der Waals surface area contributed by atoms with E-state index >= 15 is 0 Å². The van der Waals surface area contributed by atoms with Crippen molar-refractivity contribution in [3.05, 3.63) is 23.2 Å². The standard InChI is InChI=1S/C16H26ClN3O/c1-16(2,3)9-11(10-18)15(21)19-13-8-6-7-12(17)14(13)20(4)5/h6-8,11H,9-10,18H2,1-5H3,(H,19,21). The minimum absolute atomic E-state index is 0.0556. The number of rotatable bonds is 5. The lowest BCUT2D eigenvalue weighted by Gasteiger charge is -2.25. The van der Waals surface area contributed by atoms with Crippen LogP contribution in [0.2, 0.25) is 5.02 Å². The van der Waals surface area contributed by atoms with E-state index in [4.69, 9.17) is 17.3 Å². The molecule has 0 heterocycles. The summed E-state index contributed by atoms with van der Waals surface area (Å²) in [5.41, 5.74) is 7.34. The lowest BCUT2D eigenvalue weighted by molar-refractivity contribution is -0.120. The van der Waals surface area contributed by atoms with Gasteiger partial charge < -0.3 is 16.0 Å². The number of nitrogens with two attached hydrogens (primary N) is 1. The van der Waals surface area contributed by atoms with Crippen molar-refractivity contribution in [2.75, 3.05) is 30.9 Å². The van der Waals surface area contributed by atoms with E-state index < -0.39 is 0 Å². The number of carbonyl (C=O) groups is 1. The van der Waals surface area contributed by atoms with Crippen LogP contribution in [0.25, 0.3) is 0 Å². The van der Waals surface area contributed by atoms with Crippen LogP contribution in [0.4, 0.5) is 11.4 Å². The zero-order valence-electron chi connectivity index (χ0n) is 13.5. The van der Waals surface area contributed by atoms with E-state index in [0.29, 0.717) is 17.3 Å². The minimum Gasteiger partial charge on any atom is -0.375 e. The van der Waals surface area contributed by atoms with E-state index in [9.17, 15) is 4.79 Å². The Kier molecular flexibility index (Phi) is 6.05. The Labute approximate surface area is 132 Å². The second kappa shape index (κ2) is 7.14. The number of amides is 1. The monoisotopic (exact) mass is 311 g/mol. The van der Waals surface area contributed by atoms with Gasteiger partial charge in [-0.25, -0.2) is 0 Å². The summed E-state index contributed by atoms with van der Waals surface area (Å²) in [5, 5.41) is 3.57. The molecular weight excluding hydrogens is 286 g/mol. The van der Waals surface area contributed by atoms with E-state index in [1.54, 1.807) is 0 Å². The highest BCUT2D eigenvalue weighted by molar-refractivity contribution is 6.34. The molecule has 5 heteroatoms. The molecule has 118 valence electrons. The van der Waals surface area contributed by atoms with Gasteiger partial charge in [-0.15, -0.1) is 0 Å². The van der Waals surface area contributed by atoms with Crippen LogP contribution in [-0.4, -0.2) is 26.5 Å². The molecule has 0 saturated carbocycles. The van der Waals surface area contributed by atoms with Crippen LogP contribution in [0, 0.1) is 11.3 Å². The third-order valence-corrected chi connectivity index (χ3v) is 3.51. The highest BCUT2D eigenvalue weighted by Gasteiger charge is 2.24. The topological polar surface area (TPSA) is 58.4 Å². The molecule has 1 rings (SSSR count). The highest BCUT2D eigenvalue weighted by atomic mass is 35.5. The summed E-state index contributed by atoms with van der Waals surface area (Å²) < 4.78 is 0. The summed E-state index contributed by atoms with van der Waals surface area (Å²) in [6.07, 6.45) is 0.743. The molecule has 1 aromatic rings. The van der Waals surface area contributed by atoms with Crippen LogP contribution in [0.3, 0.4) is 0 Å². The second-order valence-corrected chi connectivity index (χ2v) is 7.12. The molecular formula is C16H26ClN3O. The normalized spacial score (nSPS) is 12.9. The Morgan fingerprint density at radius 2 is 2.00 bits per heavy atom. The van der Waals surface area contributed by atoms with Gasteiger partial charge in [0.05, 0.1) is 22.3 Å². The molecule has 0 fully saturated rings. The second-order valence-electron chi connectivity index (χ2n) is 6.72. The molecule has 21 heavy (non-hydrogen) atoms. The zero-order valence-corrected chi connectivity index (χ0v) is 14.3. The lowest BCUT2D eigenvalue weighted by atomic mass is 9.84. The number of hydrogen-bond donors (Lipinski definition) is 2. The van der Waals surface area contributed by atoms with Crippen LogP contribution in [0.5, 0.6) is 0 Å². The van der Waals surface area contributed by atoms with Gasteiger partial charge in [0.15, 0.2) is 0 Å². The maximum absolute atomic E-state index is 12.5. The van der Waals surface area contributed by atoms with E-state index in [0.717, 1.165) is 12.1 Å². The molecule has 0 aromatic heterocycles. The van der Waals surface area contributed by atoms with Crippen molar-refractivity contribution >= 4 is 28.9 Å². The SMILES string of the molecule is CN(C)c1c(Cl)cccc1NC(=O)C(CN)CC(C)(C)C. The van der Waals surface area contributed by atoms with Crippen molar-refractivity contribution in [2.45, 2.75) is 27.2 Å². The van der Waals surface area contributed by atoms with Crippen LogP contribution < -0.4 is 16.0 Å². The largest absolute Gasteiger partial charge is 0.375 e. The Morgan fingerprint density at radius 1 is 1.38 bits per heavy atom. The van der Waals surface area contributed by atoms with Gasteiger partial charge in [0.1, 0.15) is 0 Å². The maximum atomic E-state index is 12.5. The highest BCUT2D eigenvalue weighted by Crippen LogP contribution is 2.33. The molecule has 0 radical (unpaired) electrons. The fourth-order valence-electron chi connectivity index (χ4n) is 2.33. The summed E-state index contributed by atoms with van der Waals surface area (Å²) in [7, 11) is 3.79. The minimum atomic E-state index is -0.209. The van der Waals surface area contributed by atoms with Crippen molar-refractivity contribution in [1.82, 2.24) is 0 Å². The first-order chi connectivity index (χ1) is 9.65. The first kappa shape index (κ1) is 17.8. The quantitative estimate of drug-likeness (QED) is 0.876. The molecule has 0 saturated heterocycles. The van der Waals surface area contributed by atoms with Gasteiger partial charge in [-0.2, -0.15) is 0 Å². The van der Waals surface area contributed by atoms with Crippen molar-refractivity contribution in [3.63, 3.8) is 0 Å². The fraction of sp³-hybridized carbons (Fsp3) is 0.562. The molecule has 1 amide bonds. The van der Waals surface area contributed by atoms with Crippen LogP contribution in [0.15, 0.2) is 18.2 Å². The van der Waals surface area contributed by atoms with Gasteiger partial charge in [-0.3, -0.25) is 4.79 Å². The summed E-state index contributed by atoms with van der Waals surface area (Å²) >= 11 is 6.21. The van der Waals surface area contributed by atoms with Crippen LogP contribution in [0.1, 0.15) is 27.2 Å². The molecule has 3 N–H and O–H groups in total. The molecule has 0 spiro atoms. The average Bonchev–Trinajstić information content (AvgIpc) is 2.34. The van der Waals surface area contributed by atoms with Gasteiger partial charge in [0.25, 0.3) is 0 Å². The van der Waals surface area contributed by atoms with Gasteiger partial charge >= 0.3 is 0 Å². The molecule has 4 nitrogen and oxygen atoms in total. The smallest absolute Gasteiger partial charge is 0.228 e. The lowest BCUT2D eigenvalue weighted by Crippen LogP contribution is -2.32. The van der Waals surface area contributed by atoms with Crippen molar-refractivity contribution in [3.8, 4) is 0 Å². The number of hydrogen-bond acceptors (Lipinski definition) is 3. The van der Waals surface area contributed by atoms with Crippen LogP contribution in [-0.2, 0) is 4.79 Å². The van der Waals surface area contributed by atoms with Crippen molar-refractivity contribution in [1.29, 1.82) is 0 Å². The number of nitrogens with zero attached hydrogens (tertiary/aromatic N) is 1. The van der Waals surface area contributed by atoms with E-state index in [1.807, 2.05) is 37.2 Å². The summed E-state index contributed by atoms with van der Waals surface area (Å²) in [6, 6.07) is 5.48. The Balaban J connectivity index is 2.95. The van der Waals surface area contributed by atoms with E-state index in [2.05, 4.69) is 26.1 Å².